The van der Waals surface area contributed by atoms with Gasteiger partial charge in [0, 0.05) is 38.3 Å². The predicted octanol–water partition coefficient (Wildman–Crippen LogP) is 7.95. The highest BCUT2D eigenvalue weighted by atomic mass is 32.2. The number of amides is 1. The molecule has 0 radical (unpaired) electrons. The first-order chi connectivity index (χ1) is 24.9. The second kappa shape index (κ2) is 15.6. The average molecular weight is 745 g/mol. The topological polar surface area (TPSA) is 73.0 Å². The van der Waals surface area contributed by atoms with Gasteiger partial charge in [0.05, 0.1) is 5.75 Å². The lowest BCUT2D eigenvalue weighted by Gasteiger charge is -2.62. The standard InChI is InChI=1S/C44H61FN4O3S/c1-30-39-23-35(44(39,5)6)24-40(30)46-42(50)41-20-21-53(51,52)49(41)27-32-13-11-12-31(22-32)26-48(37(29-47(7)8)25-43(2,3)4)28-34-14-9-10-15-38(34)33-16-18-36(45)19-17-33/h9-19,22,30,35,37,39-41H,20-21,23-29H2,1-8H3,(H,46,50)/t30-,35-,37-,39+,40-,41?/m0/s1. The van der Waals surface area contributed by atoms with Crippen LogP contribution in [0, 0.1) is 34.4 Å². The first-order valence-electron chi connectivity index (χ1n) is 19.5. The molecule has 3 saturated carbocycles. The monoisotopic (exact) mass is 744 g/mol. The van der Waals surface area contributed by atoms with Crippen molar-refractivity contribution in [3.8, 4) is 11.1 Å². The minimum absolute atomic E-state index is 0.0104. The van der Waals surface area contributed by atoms with Gasteiger partial charge in [-0.25, -0.2) is 12.8 Å². The maximum atomic E-state index is 13.9. The molecule has 1 saturated heterocycles. The van der Waals surface area contributed by atoms with E-state index in [0.717, 1.165) is 47.2 Å². The van der Waals surface area contributed by atoms with Gasteiger partial charge in [-0.15, -0.1) is 0 Å². The van der Waals surface area contributed by atoms with Crippen molar-refractivity contribution in [1.29, 1.82) is 0 Å². The number of fused-ring (bicyclic) bond motifs is 2. The Morgan fingerprint density at radius 1 is 0.981 bits per heavy atom. The number of hydrogen-bond acceptors (Lipinski definition) is 5. The van der Waals surface area contributed by atoms with Gasteiger partial charge in [-0.05, 0) is 108 Å². The lowest BCUT2D eigenvalue weighted by molar-refractivity contribution is -0.136. The molecule has 4 fully saturated rings. The predicted molar refractivity (Wildman–Crippen MR) is 213 cm³/mol. The summed E-state index contributed by atoms with van der Waals surface area (Å²) in [5.41, 5.74) is 5.60. The Morgan fingerprint density at radius 3 is 2.34 bits per heavy atom. The van der Waals surface area contributed by atoms with E-state index in [9.17, 15) is 17.6 Å². The maximum absolute atomic E-state index is 13.9. The van der Waals surface area contributed by atoms with E-state index >= 15 is 0 Å². The van der Waals surface area contributed by atoms with Crippen LogP contribution in [-0.2, 0) is 34.5 Å². The zero-order valence-corrected chi connectivity index (χ0v) is 33.9. The highest BCUT2D eigenvalue weighted by molar-refractivity contribution is 7.89. The summed E-state index contributed by atoms with van der Waals surface area (Å²) < 4.78 is 42.2. The van der Waals surface area contributed by atoms with Crippen LogP contribution in [0.15, 0.2) is 72.8 Å². The summed E-state index contributed by atoms with van der Waals surface area (Å²) in [7, 11) is 0.648. The number of sulfonamides is 1. The molecule has 1 aliphatic heterocycles. The molecule has 6 atom stereocenters. The Morgan fingerprint density at radius 2 is 1.68 bits per heavy atom. The summed E-state index contributed by atoms with van der Waals surface area (Å²) in [6.07, 6.45) is 3.48. The molecule has 1 unspecified atom stereocenters. The fourth-order valence-corrected chi connectivity index (χ4v) is 11.3. The zero-order valence-electron chi connectivity index (χ0n) is 33.1. The summed E-state index contributed by atoms with van der Waals surface area (Å²) in [5, 5.41) is 3.31. The van der Waals surface area contributed by atoms with Crippen LogP contribution in [0.5, 0.6) is 0 Å². The first-order valence-corrected chi connectivity index (χ1v) is 21.1. The molecule has 0 aromatic heterocycles. The Balaban J connectivity index is 1.24. The number of hydrogen-bond donors (Lipinski definition) is 1. The van der Waals surface area contributed by atoms with Crippen LogP contribution >= 0.6 is 0 Å². The molecule has 7 nitrogen and oxygen atoms in total. The Labute approximate surface area is 318 Å². The Bertz CT molecular complexity index is 1850. The van der Waals surface area contributed by atoms with Crippen LogP contribution in [-0.4, -0.2) is 72.9 Å². The molecule has 3 aromatic rings. The van der Waals surface area contributed by atoms with Crippen LogP contribution in [0.25, 0.3) is 11.1 Å². The summed E-state index contributed by atoms with van der Waals surface area (Å²) in [6, 6.07) is 22.9. The van der Waals surface area contributed by atoms with Gasteiger partial charge in [-0.1, -0.05) is 102 Å². The number of rotatable bonds is 13. The van der Waals surface area contributed by atoms with Gasteiger partial charge in [0.25, 0.3) is 0 Å². The third-order valence-corrected chi connectivity index (χ3v) is 14.4. The highest BCUT2D eigenvalue weighted by Gasteiger charge is 2.56. The molecule has 3 aliphatic carbocycles. The lowest BCUT2D eigenvalue weighted by Crippen LogP contribution is -2.61. The highest BCUT2D eigenvalue weighted by Crippen LogP contribution is 2.61. The number of halogens is 1. The van der Waals surface area contributed by atoms with E-state index in [2.05, 4.69) is 101 Å². The first kappa shape index (κ1) is 39.6. The number of benzene rings is 3. The van der Waals surface area contributed by atoms with Gasteiger partial charge in [0.1, 0.15) is 11.9 Å². The summed E-state index contributed by atoms with van der Waals surface area (Å²) in [6.45, 7) is 16.2. The summed E-state index contributed by atoms with van der Waals surface area (Å²) >= 11 is 0. The Hall–Kier alpha value is -3.11. The molecule has 288 valence electrons. The molecule has 53 heavy (non-hydrogen) atoms. The maximum Gasteiger partial charge on any atom is 0.238 e. The van der Waals surface area contributed by atoms with Crippen molar-refractivity contribution in [2.75, 3.05) is 26.4 Å². The summed E-state index contributed by atoms with van der Waals surface area (Å²) in [4.78, 5) is 18.6. The van der Waals surface area contributed by atoms with Crippen molar-refractivity contribution < 1.29 is 17.6 Å². The van der Waals surface area contributed by atoms with Crippen molar-refractivity contribution >= 4 is 15.9 Å². The molecule has 1 heterocycles. The fraction of sp³-hybridized carbons (Fsp3) is 0.568. The van der Waals surface area contributed by atoms with Crippen LogP contribution in [0.2, 0.25) is 0 Å². The minimum Gasteiger partial charge on any atom is -0.352 e. The number of carbonyl (C=O) groups is 1. The molecular weight excluding hydrogens is 684 g/mol. The van der Waals surface area contributed by atoms with Crippen LogP contribution < -0.4 is 5.32 Å². The van der Waals surface area contributed by atoms with Crippen molar-refractivity contribution in [3.63, 3.8) is 0 Å². The smallest absolute Gasteiger partial charge is 0.238 e. The SMILES string of the molecule is C[C@@H]1[C@@H](NC(=O)C2CCS(=O)(=O)N2Cc2cccc(CN(Cc3ccccc3-c3ccc(F)cc3)[C@H](CN(C)C)CC(C)(C)C)c2)C[C@@H]2C[C@H]1C2(C)C. The van der Waals surface area contributed by atoms with Gasteiger partial charge in [0.2, 0.25) is 15.9 Å². The second-order valence-electron chi connectivity index (χ2n) is 18.3. The third kappa shape index (κ3) is 9.07. The molecule has 2 bridgehead atoms. The molecule has 3 aromatic carbocycles. The molecular formula is C44H61FN4O3S. The number of nitrogens with zero attached hydrogens (tertiary/aromatic N) is 3. The van der Waals surface area contributed by atoms with E-state index in [4.69, 9.17) is 0 Å². The average Bonchev–Trinajstić information content (AvgIpc) is 3.38. The van der Waals surface area contributed by atoms with E-state index in [1.54, 1.807) is 0 Å². The quantitative estimate of drug-likeness (QED) is 0.193. The molecule has 1 N–H and O–H groups in total. The van der Waals surface area contributed by atoms with E-state index in [1.165, 1.54) is 22.9 Å². The number of likely N-dealkylation sites (N-methyl/N-ethyl adjacent to an activating group) is 1. The number of nitrogens with one attached hydrogen (secondary N) is 1. The largest absolute Gasteiger partial charge is 0.352 e. The number of carbonyl (C=O) groups excluding carboxylic acids is 1. The lowest BCUT2D eigenvalue weighted by atomic mass is 9.45. The van der Waals surface area contributed by atoms with Gasteiger partial charge in [-0.2, -0.15) is 4.31 Å². The van der Waals surface area contributed by atoms with E-state index in [0.29, 0.717) is 42.7 Å². The molecule has 4 aliphatic rings. The van der Waals surface area contributed by atoms with Gasteiger partial charge < -0.3 is 10.2 Å². The van der Waals surface area contributed by atoms with E-state index in [-0.39, 0.29) is 41.5 Å². The minimum atomic E-state index is -3.58. The van der Waals surface area contributed by atoms with E-state index in [1.807, 2.05) is 30.3 Å². The van der Waals surface area contributed by atoms with Crippen molar-refractivity contribution in [3.05, 3.63) is 95.3 Å². The molecule has 0 spiro atoms. The van der Waals surface area contributed by atoms with Crippen molar-refractivity contribution in [2.45, 2.75) is 105 Å². The normalized spacial score (nSPS) is 25.7. The van der Waals surface area contributed by atoms with Gasteiger partial charge in [0.15, 0.2) is 0 Å². The fourth-order valence-electron chi connectivity index (χ4n) is 9.59. The van der Waals surface area contributed by atoms with Crippen LogP contribution in [0.4, 0.5) is 4.39 Å². The van der Waals surface area contributed by atoms with E-state index < -0.39 is 16.1 Å². The molecule has 9 heteroatoms. The van der Waals surface area contributed by atoms with Crippen LogP contribution in [0.3, 0.4) is 0 Å². The molecule has 1 amide bonds. The zero-order chi connectivity index (χ0) is 38.3. The van der Waals surface area contributed by atoms with Crippen LogP contribution in [0.1, 0.15) is 83.9 Å². The second-order valence-corrected chi connectivity index (χ2v) is 20.3. The summed E-state index contributed by atoms with van der Waals surface area (Å²) in [5.74, 6) is 1.16. The molecule has 7 rings (SSSR count). The Kier molecular flexibility index (Phi) is 11.6. The van der Waals surface area contributed by atoms with Gasteiger partial charge in [-0.3, -0.25) is 9.69 Å². The van der Waals surface area contributed by atoms with Crippen molar-refractivity contribution in [2.24, 2.45) is 28.6 Å². The third-order valence-electron chi connectivity index (χ3n) is 12.5. The van der Waals surface area contributed by atoms with Gasteiger partial charge >= 0.3 is 0 Å². The van der Waals surface area contributed by atoms with Crippen molar-refractivity contribution in [1.82, 2.24) is 19.4 Å².